The molecule has 0 spiro atoms. The van der Waals surface area contributed by atoms with E-state index in [9.17, 15) is 0 Å². The number of nitrogens with zero attached hydrogens (tertiary/aromatic N) is 2. The Hall–Kier alpha value is -0.940. The first kappa shape index (κ1) is 10.1. The van der Waals surface area contributed by atoms with Crippen LogP contribution in [0.5, 0.6) is 0 Å². The van der Waals surface area contributed by atoms with Crippen molar-refractivity contribution in [3.63, 3.8) is 0 Å². The number of aliphatic hydroxyl groups is 1. The zero-order valence-electron chi connectivity index (χ0n) is 7.95. The van der Waals surface area contributed by atoms with Crippen LogP contribution in [0.3, 0.4) is 0 Å². The third kappa shape index (κ3) is 2.26. The van der Waals surface area contributed by atoms with Gasteiger partial charge in [-0.1, -0.05) is 5.16 Å². The molecule has 74 valence electrons. The molecule has 0 aliphatic rings. The van der Waals surface area contributed by atoms with Gasteiger partial charge >= 0.3 is 0 Å². The van der Waals surface area contributed by atoms with Crippen LogP contribution in [0.4, 0.5) is 0 Å². The second-order valence-electron chi connectivity index (χ2n) is 3.58. The first-order chi connectivity index (χ1) is 6.10. The Morgan fingerprint density at radius 3 is 2.77 bits per heavy atom. The van der Waals surface area contributed by atoms with Crippen LogP contribution in [0.1, 0.15) is 25.6 Å². The Balaban J connectivity index is 2.79. The molecule has 0 bridgehead atoms. The molecule has 0 atom stereocenters. The summed E-state index contributed by atoms with van der Waals surface area (Å²) in [5, 5.41) is 12.4. The minimum Gasteiger partial charge on any atom is -0.396 e. The molecule has 0 unspecified atom stereocenters. The predicted molar refractivity (Wildman–Crippen MR) is 47.2 cm³/mol. The number of rotatable bonds is 4. The molecule has 0 aromatic carbocycles. The van der Waals surface area contributed by atoms with Gasteiger partial charge in [-0.2, -0.15) is 4.98 Å². The molecule has 1 aromatic rings. The fourth-order valence-electron chi connectivity index (χ4n) is 0.818. The summed E-state index contributed by atoms with van der Waals surface area (Å²) < 4.78 is 5.02. The molecule has 1 rings (SSSR count). The zero-order valence-corrected chi connectivity index (χ0v) is 7.95. The van der Waals surface area contributed by atoms with E-state index in [0.29, 0.717) is 24.7 Å². The molecule has 0 aliphatic carbocycles. The molecule has 1 aromatic heterocycles. The maximum Gasteiger partial charge on any atom is 0.233 e. The average Bonchev–Trinajstić information content (AvgIpc) is 2.54. The van der Waals surface area contributed by atoms with Crippen molar-refractivity contribution in [3.8, 4) is 0 Å². The monoisotopic (exact) mass is 185 g/mol. The van der Waals surface area contributed by atoms with Crippen LogP contribution in [-0.2, 0) is 11.8 Å². The highest BCUT2D eigenvalue weighted by Gasteiger charge is 2.25. The van der Waals surface area contributed by atoms with Crippen molar-refractivity contribution in [2.45, 2.75) is 25.7 Å². The summed E-state index contributed by atoms with van der Waals surface area (Å²) in [5.74, 6) is 1.05. The van der Waals surface area contributed by atoms with E-state index in [1.165, 1.54) is 0 Å². The molecule has 0 fully saturated rings. The predicted octanol–water partition coefficient (Wildman–Crippen LogP) is -0.159. The van der Waals surface area contributed by atoms with Crippen LogP contribution >= 0.6 is 0 Å². The topological polar surface area (TPSA) is 85.2 Å². The minimum absolute atomic E-state index is 0.0298. The summed E-state index contributed by atoms with van der Waals surface area (Å²) in [7, 11) is 0. The maximum atomic E-state index is 8.64. The van der Waals surface area contributed by atoms with E-state index >= 15 is 0 Å². The Morgan fingerprint density at radius 2 is 2.23 bits per heavy atom. The third-order valence-electron chi connectivity index (χ3n) is 1.89. The van der Waals surface area contributed by atoms with Crippen LogP contribution in [0.2, 0.25) is 0 Å². The average molecular weight is 185 g/mol. The molecule has 0 saturated heterocycles. The Kier molecular flexibility index (Phi) is 3.00. The van der Waals surface area contributed by atoms with Crippen molar-refractivity contribution >= 4 is 0 Å². The molecule has 5 heteroatoms. The van der Waals surface area contributed by atoms with Crippen LogP contribution in [0.15, 0.2) is 4.52 Å². The van der Waals surface area contributed by atoms with Gasteiger partial charge in [0.25, 0.3) is 0 Å². The molecule has 0 aliphatic heterocycles. The SMILES string of the molecule is CC(C)(CN)c1nc(CCO)no1. The number of aromatic nitrogens is 2. The van der Waals surface area contributed by atoms with E-state index in [1.807, 2.05) is 13.8 Å². The Morgan fingerprint density at radius 1 is 1.54 bits per heavy atom. The lowest BCUT2D eigenvalue weighted by molar-refractivity contribution is 0.288. The van der Waals surface area contributed by atoms with Gasteiger partial charge < -0.3 is 15.4 Å². The third-order valence-corrected chi connectivity index (χ3v) is 1.89. The molecule has 0 radical (unpaired) electrons. The smallest absolute Gasteiger partial charge is 0.233 e. The second kappa shape index (κ2) is 3.85. The lowest BCUT2D eigenvalue weighted by atomic mass is 9.94. The summed E-state index contributed by atoms with van der Waals surface area (Å²) >= 11 is 0. The molecule has 0 amide bonds. The van der Waals surface area contributed by atoms with Crippen molar-refractivity contribution in [1.29, 1.82) is 0 Å². The fourth-order valence-corrected chi connectivity index (χ4v) is 0.818. The van der Waals surface area contributed by atoms with Gasteiger partial charge in [0.2, 0.25) is 5.89 Å². The van der Waals surface area contributed by atoms with Gasteiger partial charge in [0.1, 0.15) is 0 Å². The summed E-state index contributed by atoms with van der Waals surface area (Å²) in [6.45, 7) is 4.35. The largest absolute Gasteiger partial charge is 0.396 e. The van der Waals surface area contributed by atoms with Gasteiger partial charge in [-0.05, 0) is 13.8 Å². The summed E-state index contributed by atoms with van der Waals surface area (Å²) in [6, 6.07) is 0. The molecule has 0 saturated carbocycles. The van der Waals surface area contributed by atoms with E-state index in [4.69, 9.17) is 15.4 Å². The molecule has 3 N–H and O–H groups in total. The lowest BCUT2D eigenvalue weighted by Gasteiger charge is -2.15. The quantitative estimate of drug-likeness (QED) is 0.680. The summed E-state index contributed by atoms with van der Waals surface area (Å²) in [4.78, 5) is 4.12. The first-order valence-corrected chi connectivity index (χ1v) is 4.24. The van der Waals surface area contributed by atoms with Crippen molar-refractivity contribution in [2.75, 3.05) is 13.2 Å². The van der Waals surface area contributed by atoms with Gasteiger partial charge in [0, 0.05) is 13.0 Å². The van der Waals surface area contributed by atoms with Crippen molar-refractivity contribution in [1.82, 2.24) is 10.1 Å². The number of aliphatic hydroxyl groups excluding tert-OH is 1. The number of hydrogen-bond acceptors (Lipinski definition) is 5. The molecular formula is C8H15N3O2. The number of hydrogen-bond donors (Lipinski definition) is 2. The highest BCUT2D eigenvalue weighted by molar-refractivity contribution is 5.01. The van der Waals surface area contributed by atoms with Crippen LogP contribution in [0, 0.1) is 0 Å². The molecular weight excluding hydrogens is 170 g/mol. The van der Waals surface area contributed by atoms with Gasteiger partial charge in [-0.3, -0.25) is 0 Å². The van der Waals surface area contributed by atoms with Gasteiger partial charge in [0.15, 0.2) is 5.82 Å². The maximum absolute atomic E-state index is 8.64. The Bertz CT molecular complexity index is 270. The van der Waals surface area contributed by atoms with E-state index in [1.54, 1.807) is 0 Å². The molecule has 13 heavy (non-hydrogen) atoms. The lowest BCUT2D eigenvalue weighted by Crippen LogP contribution is -2.28. The van der Waals surface area contributed by atoms with Gasteiger partial charge in [-0.25, -0.2) is 0 Å². The normalized spacial score (nSPS) is 12.0. The summed E-state index contributed by atoms with van der Waals surface area (Å²) in [5.41, 5.74) is 5.25. The van der Waals surface area contributed by atoms with Gasteiger partial charge in [-0.15, -0.1) is 0 Å². The second-order valence-corrected chi connectivity index (χ2v) is 3.58. The standard InChI is InChI=1S/C8H15N3O2/c1-8(2,5-9)7-10-6(3-4-12)11-13-7/h12H,3-5,9H2,1-2H3. The zero-order chi connectivity index (χ0) is 9.90. The highest BCUT2D eigenvalue weighted by Crippen LogP contribution is 2.19. The van der Waals surface area contributed by atoms with Crippen LogP contribution in [-0.4, -0.2) is 28.4 Å². The molecule has 1 heterocycles. The molecule has 5 nitrogen and oxygen atoms in total. The van der Waals surface area contributed by atoms with E-state index < -0.39 is 0 Å². The van der Waals surface area contributed by atoms with E-state index in [-0.39, 0.29) is 12.0 Å². The van der Waals surface area contributed by atoms with Crippen molar-refractivity contribution < 1.29 is 9.63 Å². The van der Waals surface area contributed by atoms with Crippen LogP contribution < -0.4 is 5.73 Å². The van der Waals surface area contributed by atoms with Gasteiger partial charge in [0.05, 0.1) is 12.0 Å². The number of nitrogens with two attached hydrogens (primary N) is 1. The first-order valence-electron chi connectivity index (χ1n) is 4.24. The van der Waals surface area contributed by atoms with Crippen molar-refractivity contribution in [3.05, 3.63) is 11.7 Å². The van der Waals surface area contributed by atoms with Crippen LogP contribution in [0.25, 0.3) is 0 Å². The van der Waals surface area contributed by atoms with Crippen molar-refractivity contribution in [2.24, 2.45) is 5.73 Å². The Labute approximate surface area is 76.9 Å². The van der Waals surface area contributed by atoms with E-state index in [0.717, 1.165) is 0 Å². The minimum atomic E-state index is -0.291. The summed E-state index contributed by atoms with van der Waals surface area (Å²) in [6.07, 6.45) is 0.421. The van der Waals surface area contributed by atoms with E-state index in [2.05, 4.69) is 10.1 Å². The fraction of sp³-hybridized carbons (Fsp3) is 0.750. The highest BCUT2D eigenvalue weighted by atomic mass is 16.5.